The predicted molar refractivity (Wildman–Crippen MR) is 102 cm³/mol. The highest BCUT2D eigenvalue weighted by Crippen LogP contribution is 2.36. The number of nitrogens with zero attached hydrogens (tertiary/aromatic N) is 3. The van der Waals surface area contributed by atoms with E-state index < -0.39 is 5.41 Å². The SMILES string of the molecule is CCOC(=O)[C@@]1(Cc2ccccc2)CCCN(Cc2cn(C)nc2C)C1. The average Bonchev–Trinajstić information content (AvgIpc) is 2.93. The highest BCUT2D eigenvalue weighted by molar-refractivity contribution is 5.77. The van der Waals surface area contributed by atoms with Gasteiger partial charge in [0.1, 0.15) is 0 Å². The maximum absolute atomic E-state index is 12.9. The van der Waals surface area contributed by atoms with Crippen LogP contribution in [-0.2, 0) is 29.5 Å². The topological polar surface area (TPSA) is 47.4 Å². The lowest BCUT2D eigenvalue weighted by atomic mass is 9.75. The molecule has 0 saturated carbocycles. The summed E-state index contributed by atoms with van der Waals surface area (Å²) in [5.74, 6) is -0.0588. The Kier molecular flexibility index (Phi) is 5.77. The Balaban J connectivity index is 1.81. The van der Waals surface area contributed by atoms with Crippen molar-refractivity contribution in [3.8, 4) is 0 Å². The highest BCUT2D eigenvalue weighted by Gasteiger charge is 2.43. The van der Waals surface area contributed by atoms with E-state index in [1.54, 1.807) is 0 Å². The van der Waals surface area contributed by atoms with Crippen molar-refractivity contribution >= 4 is 5.97 Å². The van der Waals surface area contributed by atoms with Crippen LogP contribution in [0.5, 0.6) is 0 Å². The summed E-state index contributed by atoms with van der Waals surface area (Å²) in [6.07, 6.45) is 4.69. The van der Waals surface area contributed by atoms with Crippen molar-refractivity contribution in [2.24, 2.45) is 12.5 Å². The van der Waals surface area contributed by atoms with Gasteiger partial charge in [0, 0.05) is 31.9 Å². The molecule has 0 N–H and O–H groups in total. The molecule has 0 spiro atoms. The van der Waals surface area contributed by atoms with Gasteiger partial charge in [0.2, 0.25) is 0 Å². The number of likely N-dealkylation sites (tertiary alicyclic amines) is 1. The zero-order chi connectivity index (χ0) is 18.6. The summed E-state index contributed by atoms with van der Waals surface area (Å²) in [5, 5.41) is 4.44. The zero-order valence-corrected chi connectivity index (χ0v) is 16.1. The standard InChI is InChI=1S/C21H29N3O2/c1-4-26-20(25)21(13-18-9-6-5-7-10-18)11-8-12-24(16-21)15-19-14-23(3)22-17(19)2/h5-7,9-10,14H,4,8,11-13,15-16H2,1-3H3/t21-/m1/s1. The zero-order valence-electron chi connectivity index (χ0n) is 16.1. The molecule has 0 amide bonds. The van der Waals surface area contributed by atoms with Gasteiger partial charge >= 0.3 is 5.97 Å². The maximum Gasteiger partial charge on any atom is 0.313 e. The maximum atomic E-state index is 12.9. The second-order valence-electron chi connectivity index (χ2n) is 7.39. The number of ether oxygens (including phenoxy) is 1. The first kappa shape index (κ1) is 18.6. The first-order chi connectivity index (χ1) is 12.5. The van der Waals surface area contributed by atoms with E-state index in [4.69, 9.17) is 4.74 Å². The average molecular weight is 355 g/mol. The Hall–Kier alpha value is -2.14. The van der Waals surface area contributed by atoms with Crippen LogP contribution in [0.3, 0.4) is 0 Å². The molecule has 140 valence electrons. The molecule has 5 nitrogen and oxygen atoms in total. The lowest BCUT2D eigenvalue weighted by Gasteiger charge is -2.41. The van der Waals surface area contributed by atoms with E-state index in [0.717, 1.165) is 44.6 Å². The molecule has 0 unspecified atom stereocenters. The van der Waals surface area contributed by atoms with E-state index in [9.17, 15) is 4.79 Å². The monoisotopic (exact) mass is 355 g/mol. The van der Waals surface area contributed by atoms with Gasteiger partial charge < -0.3 is 4.74 Å². The second-order valence-corrected chi connectivity index (χ2v) is 7.39. The smallest absolute Gasteiger partial charge is 0.313 e. The number of esters is 1. The van der Waals surface area contributed by atoms with Crippen LogP contribution in [0.25, 0.3) is 0 Å². The van der Waals surface area contributed by atoms with Crippen molar-refractivity contribution in [3.63, 3.8) is 0 Å². The number of carbonyl (C=O) groups excluding carboxylic acids is 1. The molecule has 1 atom stereocenters. The number of hydrogen-bond donors (Lipinski definition) is 0. The van der Waals surface area contributed by atoms with Crippen LogP contribution in [-0.4, -0.2) is 40.3 Å². The lowest BCUT2D eigenvalue weighted by molar-refractivity contribution is -0.159. The van der Waals surface area contributed by atoms with Gasteiger partial charge in [-0.3, -0.25) is 14.4 Å². The molecule has 1 aliphatic heterocycles. The van der Waals surface area contributed by atoms with Crippen LogP contribution in [0.2, 0.25) is 0 Å². The number of aryl methyl sites for hydroxylation is 2. The molecular weight excluding hydrogens is 326 g/mol. The number of carbonyl (C=O) groups is 1. The summed E-state index contributed by atoms with van der Waals surface area (Å²) in [6.45, 7) is 6.92. The molecule has 0 bridgehead atoms. The fourth-order valence-electron chi connectivity index (χ4n) is 4.06. The van der Waals surface area contributed by atoms with Gasteiger partial charge in [0.25, 0.3) is 0 Å². The van der Waals surface area contributed by atoms with E-state index in [0.29, 0.717) is 6.61 Å². The Labute approximate surface area is 156 Å². The Morgan fingerprint density at radius 3 is 2.73 bits per heavy atom. The van der Waals surface area contributed by atoms with E-state index >= 15 is 0 Å². The van der Waals surface area contributed by atoms with Crippen LogP contribution in [0.15, 0.2) is 36.5 Å². The van der Waals surface area contributed by atoms with Crippen molar-refractivity contribution in [3.05, 3.63) is 53.3 Å². The van der Waals surface area contributed by atoms with Crippen molar-refractivity contribution in [2.45, 2.75) is 39.7 Å². The minimum Gasteiger partial charge on any atom is -0.466 e. The summed E-state index contributed by atoms with van der Waals surface area (Å²) < 4.78 is 7.36. The van der Waals surface area contributed by atoms with Gasteiger partial charge in [0.15, 0.2) is 0 Å². The van der Waals surface area contributed by atoms with Gasteiger partial charge in [0.05, 0.1) is 17.7 Å². The lowest BCUT2D eigenvalue weighted by Crippen LogP contribution is -2.49. The number of rotatable bonds is 6. The molecule has 2 aromatic rings. The number of hydrogen-bond acceptors (Lipinski definition) is 4. The summed E-state index contributed by atoms with van der Waals surface area (Å²) in [5.41, 5.74) is 3.01. The highest BCUT2D eigenvalue weighted by atomic mass is 16.5. The van der Waals surface area contributed by atoms with Crippen LogP contribution in [0.1, 0.15) is 36.6 Å². The Bertz CT molecular complexity index is 741. The predicted octanol–water partition coefficient (Wildman–Crippen LogP) is 3.12. The molecule has 1 aromatic carbocycles. The molecule has 0 radical (unpaired) electrons. The largest absolute Gasteiger partial charge is 0.466 e. The van der Waals surface area contributed by atoms with Crippen molar-refractivity contribution in [1.82, 2.24) is 14.7 Å². The molecule has 1 fully saturated rings. The number of piperidine rings is 1. The van der Waals surface area contributed by atoms with Crippen LogP contribution in [0.4, 0.5) is 0 Å². The fourth-order valence-corrected chi connectivity index (χ4v) is 4.06. The summed E-state index contributed by atoms with van der Waals surface area (Å²) >= 11 is 0. The third-order valence-corrected chi connectivity index (χ3v) is 5.26. The molecule has 1 aliphatic rings. The Morgan fingerprint density at radius 1 is 1.31 bits per heavy atom. The van der Waals surface area contributed by atoms with Gasteiger partial charge in [-0.15, -0.1) is 0 Å². The van der Waals surface area contributed by atoms with Crippen LogP contribution in [0, 0.1) is 12.3 Å². The van der Waals surface area contributed by atoms with Crippen molar-refractivity contribution in [2.75, 3.05) is 19.7 Å². The van der Waals surface area contributed by atoms with Gasteiger partial charge in [-0.2, -0.15) is 5.10 Å². The van der Waals surface area contributed by atoms with Gasteiger partial charge in [-0.25, -0.2) is 0 Å². The molecule has 1 saturated heterocycles. The van der Waals surface area contributed by atoms with Crippen LogP contribution < -0.4 is 0 Å². The summed E-state index contributed by atoms with van der Waals surface area (Å²) in [4.78, 5) is 15.3. The molecule has 0 aliphatic carbocycles. The second kappa shape index (κ2) is 8.04. The first-order valence-corrected chi connectivity index (χ1v) is 9.45. The molecule has 2 heterocycles. The minimum absolute atomic E-state index is 0.0588. The summed E-state index contributed by atoms with van der Waals surface area (Å²) in [7, 11) is 1.95. The number of aromatic nitrogens is 2. The molecular formula is C21H29N3O2. The van der Waals surface area contributed by atoms with Crippen molar-refractivity contribution < 1.29 is 9.53 Å². The van der Waals surface area contributed by atoms with Gasteiger partial charge in [-0.1, -0.05) is 30.3 Å². The third kappa shape index (κ3) is 4.15. The fraction of sp³-hybridized carbons (Fsp3) is 0.524. The quantitative estimate of drug-likeness (QED) is 0.747. The molecule has 5 heteroatoms. The van der Waals surface area contributed by atoms with Crippen LogP contribution >= 0.6 is 0 Å². The molecule has 3 rings (SSSR count). The Morgan fingerprint density at radius 2 is 2.08 bits per heavy atom. The van der Waals surface area contributed by atoms with Crippen molar-refractivity contribution in [1.29, 1.82) is 0 Å². The first-order valence-electron chi connectivity index (χ1n) is 9.45. The molecule has 1 aromatic heterocycles. The third-order valence-electron chi connectivity index (χ3n) is 5.26. The minimum atomic E-state index is -0.467. The van der Waals surface area contributed by atoms with E-state index in [-0.39, 0.29) is 5.97 Å². The van der Waals surface area contributed by atoms with E-state index in [1.165, 1.54) is 11.1 Å². The van der Waals surface area contributed by atoms with E-state index in [2.05, 4.69) is 28.3 Å². The normalized spacial score (nSPS) is 20.9. The summed E-state index contributed by atoms with van der Waals surface area (Å²) in [6, 6.07) is 10.3. The number of benzene rings is 1. The molecule has 26 heavy (non-hydrogen) atoms. The van der Waals surface area contributed by atoms with E-state index in [1.807, 2.05) is 43.8 Å². The van der Waals surface area contributed by atoms with Gasteiger partial charge in [-0.05, 0) is 45.2 Å².